The molecule has 0 heterocycles. The van der Waals surface area contributed by atoms with Crippen LogP contribution in [0.4, 0.5) is 17.6 Å². The Morgan fingerprint density at radius 2 is 1.18 bits per heavy atom. The minimum absolute atomic E-state index is 0.0174. The molecule has 0 unspecified atom stereocenters. The van der Waals surface area contributed by atoms with E-state index in [-0.39, 0.29) is 12.7 Å². The molecule has 0 spiro atoms. The van der Waals surface area contributed by atoms with Gasteiger partial charge in [0.1, 0.15) is 0 Å². The van der Waals surface area contributed by atoms with Crippen molar-refractivity contribution < 1.29 is 22.4 Å². The first-order valence-corrected chi connectivity index (χ1v) is 6.74. The van der Waals surface area contributed by atoms with E-state index in [2.05, 4.69) is 0 Å². The smallest absolute Gasteiger partial charge is 0.198 e. The van der Waals surface area contributed by atoms with Crippen LogP contribution in [0.1, 0.15) is 43.6 Å². The van der Waals surface area contributed by atoms with Gasteiger partial charge in [-0.25, -0.2) is 17.6 Å². The topological polar surface area (TPSA) is 17.1 Å². The fourth-order valence-electron chi connectivity index (χ4n) is 2.73. The number of benzene rings is 1. The Labute approximate surface area is 127 Å². The van der Waals surface area contributed by atoms with E-state index in [1.54, 1.807) is 0 Å². The highest BCUT2D eigenvalue weighted by molar-refractivity contribution is 5.78. The molecule has 5 heteroatoms. The molecule has 1 aromatic carbocycles. The second-order valence-electron chi connectivity index (χ2n) is 5.42. The number of rotatable bonds is 3. The van der Waals surface area contributed by atoms with Gasteiger partial charge in [0.2, 0.25) is 0 Å². The number of hydrogen-bond donors (Lipinski definition) is 0. The van der Waals surface area contributed by atoms with Crippen LogP contribution in [0.15, 0.2) is 0 Å². The van der Waals surface area contributed by atoms with Gasteiger partial charge in [-0.1, -0.05) is 27.7 Å². The van der Waals surface area contributed by atoms with Crippen molar-refractivity contribution in [1.29, 1.82) is 0 Å². The molecule has 0 N–H and O–H groups in total. The maximum Gasteiger partial charge on any atom is 0.198 e. The molecule has 22 heavy (non-hydrogen) atoms. The molecule has 0 aromatic heterocycles. The lowest BCUT2D eigenvalue weighted by Crippen LogP contribution is -2.16. The summed E-state index contributed by atoms with van der Waals surface area (Å²) < 4.78 is 54.4. The number of halogens is 4. The van der Waals surface area contributed by atoms with Gasteiger partial charge in [0.05, 0.1) is 5.56 Å². The van der Waals surface area contributed by atoms with Crippen LogP contribution in [0.25, 0.3) is 0 Å². The molecule has 117 valence electrons. The van der Waals surface area contributed by atoms with Gasteiger partial charge in [0.25, 0.3) is 0 Å². The third-order valence-electron chi connectivity index (χ3n) is 4.47. The van der Waals surface area contributed by atoms with Crippen molar-refractivity contribution in [3.05, 3.63) is 64.0 Å². The number of aldehydes is 1. The van der Waals surface area contributed by atoms with E-state index < -0.39 is 34.4 Å². The summed E-state index contributed by atoms with van der Waals surface area (Å²) in [4.78, 5) is 11.0. The molecule has 1 fully saturated rings. The van der Waals surface area contributed by atoms with Gasteiger partial charge >= 0.3 is 0 Å². The van der Waals surface area contributed by atoms with Crippen LogP contribution >= 0.6 is 0 Å². The molecule has 1 nitrogen and oxygen atoms in total. The fraction of sp³-hybridized carbons (Fsp3) is 0.294. The van der Waals surface area contributed by atoms with Gasteiger partial charge < -0.3 is 0 Å². The SMILES string of the molecule is C[C]1[C](C)[C](C)[C](Cc2c(F)c(F)c(F)c(F)c2C=O)[C]1C. The number of carbonyl (C=O) groups is 1. The van der Waals surface area contributed by atoms with E-state index in [1.807, 2.05) is 27.7 Å². The molecule has 0 bridgehead atoms. The van der Waals surface area contributed by atoms with E-state index in [0.717, 1.165) is 23.7 Å². The summed E-state index contributed by atoms with van der Waals surface area (Å²) in [5.41, 5.74) is -1.23. The standard InChI is InChI=1S/C17H15F4O/c1-7-8(2)10(4)11(9(7)3)5-12-13(6-22)15(19)17(21)16(20)14(12)18/h6H,5H2,1-4H3. The Kier molecular flexibility index (Phi) is 4.64. The average molecular weight is 311 g/mol. The maximum atomic E-state index is 14.0. The van der Waals surface area contributed by atoms with Gasteiger partial charge in [-0.3, -0.25) is 4.79 Å². The van der Waals surface area contributed by atoms with Crippen LogP contribution in [0.2, 0.25) is 0 Å². The highest BCUT2D eigenvalue weighted by Crippen LogP contribution is 2.53. The highest BCUT2D eigenvalue weighted by atomic mass is 19.2. The van der Waals surface area contributed by atoms with E-state index in [0.29, 0.717) is 5.92 Å². The van der Waals surface area contributed by atoms with Crippen molar-refractivity contribution in [1.82, 2.24) is 0 Å². The van der Waals surface area contributed by atoms with Crippen molar-refractivity contribution in [3.8, 4) is 0 Å². The molecule has 1 saturated carbocycles. The average Bonchev–Trinajstić information content (AvgIpc) is 2.68. The molecule has 0 atom stereocenters. The van der Waals surface area contributed by atoms with Gasteiger partial charge in [-0.2, -0.15) is 0 Å². The Balaban J connectivity index is 2.48. The van der Waals surface area contributed by atoms with E-state index in [4.69, 9.17) is 0 Å². The van der Waals surface area contributed by atoms with Crippen molar-refractivity contribution in [2.75, 3.05) is 0 Å². The minimum atomic E-state index is -1.97. The Morgan fingerprint density at radius 1 is 0.727 bits per heavy atom. The zero-order valence-electron chi connectivity index (χ0n) is 12.7. The normalized spacial score (nSPS) is 19.3. The van der Waals surface area contributed by atoms with Gasteiger partial charge in [-0.05, 0) is 36.0 Å². The van der Waals surface area contributed by atoms with Crippen LogP contribution in [0.3, 0.4) is 0 Å². The first-order chi connectivity index (χ1) is 10.2. The van der Waals surface area contributed by atoms with Crippen LogP contribution < -0.4 is 0 Å². The summed E-state index contributed by atoms with van der Waals surface area (Å²) in [5, 5.41) is 0. The van der Waals surface area contributed by atoms with Gasteiger partial charge in [0, 0.05) is 5.56 Å². The first-order valence-electron chi connectivity index (χ1n) is 6.74. The predicted octanol–water partition coefficient (Wildman–Crippen LogP) is 4.56. The van der Waals surface area contributed by atoms with Crippen molar-refractivity contribution in [3.63, 3.8) is 0 Å². The second kappa shape index (κ2) is 6.01. The molecule has 0 aliphatic heterocycles. The lowest BCUT2D eigenvalue weighted by molar-refractivity contribution is 0.111. The summed E-state index contributed by atoms with van der Waals surface area (Å²) in [7, 11) is 0. The summed E-state index contributed by atoms with van der Waals surface area (Å²) in [5.74, 6) is -2.59. The molecule has 0 amide bonds. The highest BCUT2D eigenvalue weighted by Gasteiger charge is 2.44. The van der Waals surface area contributed by atoms with Crippen LogP contribution in [0, 0.1) is 52.9 Å². The zero-order valence-corrected chi connectivity index (χ0v) is 12.7. The molecule has 2 rings (SSSR count). The van der Waals surface area contributed by atoms with Crippen LogP contribution in [-0.4, -0.2) is 6.29 Å². The molecule has 1 aliphatic carbocycles. The molecular weight excluding hydrogens is 296 g/mol. The largest absolute Gasteiger partial charge is 0.298 e. The van der Waals surface area contributed by atoms with Gasteiger partial charge in [0.15, 0.2) is 29.6 Å². The van der Waals surface area contributed by atoms with Crippen LogP contribution in [0.5, 0.6) is 0 Å². The predicted molar refractivity (Wildman–Crippen MR) is 74.3 cm³/mol. The third-order valence-corrected chi connectivity index (χ3v) is 4.47. The molecule has 1 aliphatic rings. The van der Waals surface area contributed by atoms with Gasteiger partial charge in [-0.15, -0.1) is 0 Å². The first kappa shape index (κ1) is 17.0. The number of carbonyl (C=O) groups excluding carboxylic acids is 1. The summed E-state index contributed by atoms with van der Waals surface area (Å²) in [6, 6.07) is 0. The van der Waals surface area contributed by atoms with Crippen molar-refractivity contribution in [2.24, 2.45) is 0 Å². The van der Waals surface area contributed by atoms with E-state index in [1.165, 1.54) is 0 Å². The van der Waals surface area contributed by atoms with Crippen molar-refractivity contribution >= 4 is 6.29 Å². The van der Waals surface area contributed by atoms with E-state index >= 15 is 0 Å². The quantitative estimate of drug-likeness (QED) is 0.346. The molecular formula is C17H15F4O. The minimum Gasteiger partial charge on any atom is -0.298 e. The molecule has 0 saturated heterocycles. The zero-order chi connectivity index (χ0) is 16.8. The summed E-state index contributed by atoms with van der Waals surface area (Å²) in [6.45, 7) is 7.42. The second-order valence-corrected chi connectivity index (χ2v) is 5.42. The van der Waals surface area contributed by atoms with Crippen LogP contribution in [-0.2, 0) is 6.42 Å². The third kappa shape index (κ3) is 2.44. The van der Waals surface area contributed by atoms with Crippen molar-refractivity contribution in [2.45, 2.75) is 34.1 Å². The summed E-state index contributed by atoms with van der Waals surface area (Å²) in [6.07, 6.45) is -0.149. The Hall–Kier alpha value is -1.39. The summed E-state index contributed by atoms with van der Waals surface area (Å²) >= 11 is 0. The molecule has 1 aromatic rings. The number of hydrogen-bond acceptors (Lipinski definition) is 1. The fourth-order valence-corrected chi connectivity index (χ4v) is 2.73. The lowest BCUT2D eigenvalue weighted by Gasteiger charge is -2.21. The Bertz CT molecular complexity index is 585. The molecule has 5 radical (unpaired) electrons. The monoisotopic (exact) mass is 311 g/mol. The van der Waals surface area contributed by atoms with E-state index in [9.17, 15) is 22.4 Å². The lowest BCUT2D eigenvalue weighted by atomic mass is 9.82. The Morgan fingerprint density at radius 3 is 1.64 bits per heavy atom. The maximum absolute atomic E-state index is 14.0.